The molecule has 0 aliphatic carbocycles. The topological polar surface area (TPSA) is 107 Å². The normalized spacial score (nSPS) is 11.9. The lowest BCUT2D eigenvalue weighted by Gasteiger charge is -2.13. The van der Waals surface area contributed by atoms with Crippen molar-refractivity contribution in [1.82, 2.24) is 15.5 Å². The van der Waals surface area contributed by atoms with E-state index in [1.807, 2.05) is 6.92 Å². The molecule has 7 heteroatoms. The third kappa shape index (κ3) is 4.08. The highest BCUT2D eigenvalue weighted by Crippen LogP contribution is 2.15. The molecule has 1 atom stereocenters. The van der Waals surface area contributed by atoms with Gasteiger partial charge in [-0.2, -0.15) is 5.10 Å². The van der Waals surface area contributed by atoms with Crippen molar-refractivity contribution in [3.8, 4) is 0 Å². The van der Waals surface area contributed by atoms with Gasteiger partial charge in [0, 0.05) is 12.5 Å². The minimum Gasteiger partial charge on any atom is -0.481 e. The smallest absolute Gasteiger partial charge is 0.319 e. The minimum absolute atomic E-state index is 0.0329. The summed E-state index contributed by atoms with van der Waals surface area (Å²) in [6.45, 7) is 5.36. The molecule has 0 saturated heterocycles. The number of amides is 2. The first kappa shape index (κ1) is 14.0. The van der Waals surface area contributed by atoms with Crippen LogP contribution >= 0.6 is 0 Å². The Morgan fingerprint density at radius 3 is 2.61 bits per heavy atom. The van der Waals surface area contributed by atoms with Gasteiger partial charge < -0.3 is 15.7 Å². The highest BCUT2D eigenvalue weighted by Gasteiger charge is 2.12. The number of hydrogen-bond donors (Lipinski definition) is 4. The number of nitrogens with one attached hydrogen (secondary N) is 3. The molecule has 0 radical (unpaired) electrons. The Kier molecular flexibility index (Phi) is 4.70. The molecule has 1 unspecified atom stereocenters. The fraction of sp³-hybridized carbons (Fsp3) is 0.545. The number of carbonyl (C=O) groups is 2. The summed E-state index contributed by atoms with van der Waals surface area (Å²) in [5.74, 6) is -0.870. The molecule has 2 amide bonds. The van der Waals surface area contributed by atoms with Crippen molar-refractivity contribution >= 4 is 17.7 Å². The molecule has 0 bridgehead atoms. The summed E-state index contributed by atoms with van der Waals surface area (Å²) in [5, 5.41) is 20.6. The first-order valence-corrected chi connectivity index (χ1v) is 5.71. The maximum absolute atomic E-state index is 11.7. The lowest BCUT2D eigenvalue weighted by Crippen LogP contribution is -2.36. The highest BCUT2D eigenvalue weighted by atomic mass is 16.4. The number of aromatic nitrogens is 2. The molecule has 0 aliphatic rings. The summed E-state index contributed by atoms with van der Waals surface area (Å²) < 4.78 is 0. The molecule has 100 valence electrons. The third-order valence-electron chi connectivity index (χ3n) is 2.54. The number of H-pyrrole nitrogens is 1. The van der Waals surface area contributed by atoms with Crippen LogP contribution in [0.15, 0.2) is 0 Å². The van der Waals surface area contributed by atoms with Gasteiger partial charge in [-0.25, -0.2) is 4.79 Å². The number of carboxylic acid groups (broad SMARTS) is 1. The van der Waals surface area contributed by atoms with Gasteiger partial charge in [-0.1, -0.05) is 0 Å². The summed E-state index contributed by atoms with van der Waals surface area (Å²) >= 11 is 0. The average Bonchev–Trinajstić information content (AvgIpc) is 2.58. The monoisotopic (exact) mass is 254 g/mol. The Bertz CT molecular complexity index is 422. The number of aryl methyl sites for hydroxylation is 2. The van der Waals surface area contributed by atoms with E-state index < -0.39 is 5.97 Å². The van der Waals surface area contributed by atoms with Gasteiger partial charge in [0.2, 0.25) is 0 Å². The summed E-state index contributed by atoms with van der Waals surface area (Å²) in [6, 6.07) is -0.561. The minimum atomic E-state index is -0.870. The Labute approximate surface area is 105 Å². The maximum atomic E-state index is 11.7. The molecular formula is C11H18N4O3. The van der Waals surface area contributed by atoms with Crippen molar-refractivity contribution < 1.29 is 14.7 Å². The molecule has 0 fully saturated rings. The van der Waals surface area contributed by atoms with Gasteiger partial charge in [0.05, 0.1) is 17.1 Å². The van der Waals surface area contributed by atoms with E-state index in [0.29, 0.717) is 17.8 Å². The zero-order valence-corrected chi connectivity index (χ0v) is 10.7. The summed E-state index contributed by atoms with van der Waals surface area (Å²) in [4.78, 5) is 22.1. The predicted octanol–water partition coefficient (Wildman–Crippen LogP) is 1.40. The second kappa shape index (κ2) is 6.04. The molecule has 0 spiro atoms. The molecule has 1 rings (SSSR count). The SMILES string of the molecule is Cc1n[nH]c(C)c1NC(=O)NC(C)CCC(=O)O. The number of anilines is 1. The number of nitrogens with zero attached hydrogens (tertiary/aromatic N) is 1. The number of carbonyl (C=O) groups excluding carboxylic acids is 1. The van der Waals surface area contributed by atoms with E-state index >= 15 is 0 Å². The third-order valence-corrected chi connectivity index (χ3v) is 2.54. The first-order valence-electron chi connectivity index (χ1n) is 5.71. The molecule has 18 heavy (non-hydrogen) atoms. The van der Waals surface area contributed by atoms with Gasteiger partial charge >= 0.3 is 12.0 Å². The van der Waals surface area contributed by atoms with Crippen molar-refractivity contribution in [1.29, 1.82) is 0 Å². The average molecular weight is 254 g/mol. The van der Waals surface area contributed by atoms with Crippen LogP contribution in [0.1, 0.15) is 31.2 Å². The standard InChI is InChI=1S/C11H18N4O3/c1-6(4-5-9(16)17)12-11(18)13-10-7(2)14-15-8(10)3/h6H,4-5H2,1-3H3,(H,14,15)(H,16,17)(H2,12,13,18). The largest absolute Gasteiger partial charge is 0.481 e. The molecule has 1 aromatic rings. The Balaban J connectivity index is 2.44. The molecule has 4 N–H and O–H groups in total. The van der Waals surface area contributed by atoms with E-state index in [4.69, 9.17) is 5.11 Å². The summed E-state index contributed by atoms with van der Waals surface area (Å²) in [5.41, 5.74) is 2.14. The van der Waals surface area contributed by atoms with Crippen molar-refractivity contribution in [2.75, 3.05) is 5.32 Å². The number of urea groups is 1. The zero-order valence-electron chi connectivity index (χ0n) is 10.7. The van der Waals surface area contributed by atoms with Crippen LogP contribution in [-0.4, -0.2) is 33.3 Å². The van der Waals surface area contributed by atoms with E-state index in [2.05, 4.69) is 20.8 Å². The van der Waals surface area contributed by atoms with Gasteiger partial charge in [-0.15, -0.1) is 0 Å². The van der Waals surface area contributed by atoms with Gasteiger partial charge in [0.1, 0.15) is 0 Å². The molecule has 1 heterocycles. The predicted molar refractivity (Wildman–Crippen MR) is 66.5 cm³/mol. The lowest BCUT2D eigenvalue weighted by atomic mass is 10.2. The van der Waals surface area contributed by atoms with Crippen LogP contribution in [0.2, 0.25) is 0 Å². The van der Waals surface area contributed by atoms with Crippen molar-refractivity contribution in [2.24, 2.45) is 0 Å². The Morgan fingerprint density at radius 1 is 1.44 bits per heavy atom. The van der Waals surface area contributed by atoms with Crippen molar-refractivity contribution in [3.63, 3.8) is 0 Å². The Hall–Kier alpha value is -2.05. The molecule has 0 aliphatic heterocycles. The van der Waals surface area contributed by atoms with Crippen LogP contribution in [-0.2, 0) is 4.79 Å². The van der Waals surface area contributed by atoms with E-state index in [0.717, 1.165) is 5.69 Å². The van der Waals surface area contributed by atoms with Gasteiger partial charge in [-0.05, 0) is 27.2 Å². The number of aliphatic carboxylic acids is 1. The molecule has 1 aromatic heterocycles. The quantitative estimate of drug-likeness (QED) is 0.637. The Morgan fingerprint density at radius 2 is 2.11 bits per heavy atom. The number of rotatable bonds is 5. The van der Waals surface area contributed by atoms with Crippen LogP contribution in [0, 0.1) is 13.8 Å². The van der Waals surface area contributed by atoms with E-state index in [9.17, 15) is 9.59 Å². The van der Waals surface area contributed by atoms with Gasteiger partial charge in [0.25, 0.3) is 0 Å². The molecule has 0 saturated carbocycles. The lowest BCUT2D eigenvalue weighted by molar-refractivity contribution is -0.137. The van der Waals surface area contributed by atoms with Crippen LogP contribution in [0.5, 0.6) is 0 Å². The number of carboxylic acids is 1. The fourth-order valence-electron chi connectivity index (χ4n) is 1.52. The van der Waals surface area contributed by atoms with Crippen molar-refractivity contribution in [2.45, 2.75) is 39.7 Å². The van der Waals surface area contributed by atoms with Crippen LogP contribution < -0.4 is 10.6 Å². The van der Waals surface area contributed by atoms with Gasteiger partial charge in [-0.3, -0.25) is 9.89 Å². The van der Waals surface area contributed by atoms with Crippen LogP contribution in [0.3, 0.4) is 0 Å². The van der Waals surface area contributed by atoms with E-state index in [-0.39, 0.29) is 18.5 Å². The van der Waals surface area contributed by atoms with E-state index in [1.165, 1.54) is 0 Å². The van der Waals surface area contributed by atoms with E-state index in [1.54, 1.807) is 13.8 Å². The zero-order chi connectivity index (χ0) is 13.7. The molecule has 0 aromatic carbocycles. The first-order chi connectivity index (χ1) is 8.40. The van der Waals surface area contributed by atoms with Gasteiger partial charge in [0.15, 0.2) is 0 Å². The molecule has 7 nitrogen and oxygen atoms in total. The second-order valence-corrected chi connectivity index (χ2v) is 4.24. The fourth-order valence-corrected chi connectivity index (χ4v) is 1.52. The van der Waals surface area contributed by atoms with Crippen LogP contribution in [0.25, 0.3) is 0 Å². The highest BCUT2D eigenvalue weighted by molar-refractivity contribution is 5.90. The molecular weight excluding hydrogens is 236 g/mol. The number of hydrogen-bond acceptors (Lipinski definition) is 3. The summed E-state index contributed by atoms with van der Waals surface area (Å²) in [7, 11) is 0. The summed E-state index contributed by atoms with van der Waals surface area (Å²) in [6.07, 6.45) is 0.428. The number of aromatic amines is 1. The maximum Gasteiger partial charge on any atom is 0.319 e. The van der Waals surface area contributed by atoms with Crippen molar-refractivity contribution in [3.05, 3.63) is 11.4 Å². The second-order valence-electron chi connectivity index (χ2n) is 4.24. The van der Waals surface area contributed by atoms with Crippen LogP contribution in [0.4, 0.5) is 10.5 Å².